The molecule has 0 bridgehead atoms. The maximum Gasteiger partial charge on any atom is 0.251 e. The van der Waals surface area contributed by atoms with E-state index in [9.17, 15) is 9.59 Å². The molecule has 0 aliphatic heterocycles. The molecule has 126 valence electrons. The number of amides is 2. The van der Waals surface area contributed by atoms with Crippen molar-refractivity contribution >= 4 is 40.0 Å². The number of hydrogen-bond donors (Lipinski definition) is 2. The summed E-state index contributed by atoms with van der Waals surface area (Å²) in [6.07, 6.45) is 1.89. The fourth-order valence-electron chi connectivity index (χ4n) is 2.42. The fourth-order valence-corrected chi connectivity index (χ4v) is 2.54. The van der Waals surface area contributed by atoms with Crippen molar-refractivity contribution in [3.63, 3.8) is 0 Å². The molecule has 0 radical (unpaired) electrons. The average Bonchev–Trinajstić information content (AvgIpc) is 2.62. The number of carbonyl (C=O) groups is 2. The van der Waals surface area contributed by atoms with Crippen molar-refractivity contribution in [3.8, 4) is 0 Å². The maximum atomic E-state index is 12.1. The molecule has 0 fully saturated rings. The Labute approximate surface area is 150 Å². The first-order chi connectivity index (χ1) is 12.1. The van der Waals surface area contributed by atoms with Gasteiger partial charge in [0.15, 0.2) is 0 Å². The molecule has 2 amide bonds. The summed E-state index contributed by atoms with van der Waals surface area (Å²) in [4.78, 5) is 28.4. The Morgan fingerprint density at radius 2 is 1.80 bits per heavy atom. The van der Waals surface area contributed by atoms with Crippen molar-refractivity contribution in [2.75, 3.05) is 11.9 Å². The highest BCUT2D eigenvalue weighted by molar-refractivity contribution is 6.30. The Morgan fingerprint density at radius 3 is 2.60 bits per heavy atom. The zero-order valence-corrected chi connectivity index (χ0v) is 14.1. The van der Waals surface area contributed by atoms with Crippen LogP contribution in [0.2, 0.25) is 5.02 Å². The predicted octanol–water partition coefficient (Wildman–Crippen LogP) is 3.65. The topological polar surface area (TPSA) is 71.1 Å². The van der Waals surface area contributed by atoms with Gasteiger partial charge in [-0.25, -0.2) is 0 Å². The minimum Gasteiger partial charge on any atom is -0.352 e. The van der Waals surface area contributed by atoms with E-state index in [4.69, 9.17) is 11.6 Å². The van der Waals surface area contributed by atoms with Crippen LogP contribution < -0.4 is 10.6 Å². The van der Waals surface area contributed by atoms with Gasteiger partial charge in [-0.05, 0) is 48.5 Å². The van der Waals surface area contributed by atoms with Crippen molar-refractivity contribution < 1.29 is 9.59 Å². The predicted molar refractivity (Wildman–Crippen MR) is 98.8 cm³/mol. The van der Waals surface area contributed by atoms with Crippen LogP contribution in [0.25, 0.3) is 10.9 Å². The van der Waals surface area contributed by atoms with Crippen LogP contribution in [0.1, 0.15) is 16.8 Å². The molecular formula is C19H16ClN3O2. The first-order valence-electron chi connectivity index (χ1n) is 7.81. The molecule has 0 aliphatic carbocycles. The summed E-state index contributed by atoms with van der Waals surface area (Å²) >= 11 is 5.79. The molecule has 1 aromatic heterocycles. The molecule has 0 aliphatic rings. The van der Waals surface area contributed by atoms with E-state index in [1.165, 1.54) is 0 Å². The monoisotopic (exact) mass is 353 g/mol. The van der Waals surface area contributed by atoms with E-state index in [2.05, 4.69) is 15.6 Å². The fraction of sp³-hybridized carbons (Fsp3) is 0.105. The highest BCUT2D eigenvalue weighted by Gasteiger charge is 2.08. The Hall–Kier alpha value is -2.92. The molecular weight excluding hydrogens is 338 g/mol. The Bertz CT molecular complexity index is 905. The lowest BCUT2D eigenvalue weighted by atomic mass is 10.2. The number of anilines is 1. The molecule has 5 nitrogen and oxygen atoms in total. The van der Waals surface area contributed by atoms with Gasteiger partial charge in [0.25, 0.3) is 5.91 Å². The van der Waals surface area contributed by atoms with Gasteiger partial charge in [0.1, 0.15) is 0 Å². The second-order valence-corrected chi connectivity index (χ2v) is 5.87. The largest absolute Gasteiger partial charge is 0.352 e. The van der Waals surface area contributed by atoms with Gasteiger partial charge in [0.05, 0.1) is 11.2 Å². The van der Waals surface area contributed by atoms with Crippen LogP contribution in [0, 0.1) is 0 Å². The number of nitrogens with zero attached hydrogens (tertiary/aromatic N) is 1. The molecule has 0 atom stereocenters. The van der Waals surface area contributed by atoms with E-state index >= 15 is 0 Å². The zero-order valence-electron chi connectivity index (χ0n) is 13.3. The van der Waals surface area contributed by atoms with Gasteiger partial charge in [-0.3, -0.25) is 14.6 Å². The molecule has 1 heterocycles. The Kier molecular flexibility index (Phi) is 5.26. The Balaban J connectivity index is 1.54. The molecule has 0 saturated carbocycles. The summed E-state index contributed by atoms with van der Waals surface area (Å²) in [7, 11) is 0. The van der Waals surface area contributed by atoms with Crippen LogP contribution in [-0.2, 0) is 4.79 Å². The first kappa shape index (κ1) is 16.9. The van der Waals surface area contributed by atoms with Crippen LogP contribution in [-0.4, -0.2) is 23.3 Å². The molecule has 25 heavy (non-hydrogen) atoms. The number of rotatable bonds is 5. The second kappa shape index (κ2) is 7.77. The van der Waals surface area contributed by atoms with Crippen LogP contribution in [0.3, 0.4) is 0 Å². The SMILES string of the molecule is O=C(CCNC(=O)c1ccc(Cl)cc1)Nc1cccc2ncccc12. The van der Waals surface area contributed by atoms with Crippen molar-refractivity contribution in [3.05, 3.63) is 71.4 Å². The summed E-state index contributed by atoms with van der Waals surface area (Å²) in [5.41, 5.74) is 2.03. The lowest BCUT2D eigenvalue weighted by molar-refractivity contribution is -0.116. The number of benzene rings is 2. The number of halogens is 1. The van der Waals surface area contributed by atoms with Crippen molar-refractivity contribution in [2.24, 2.45) is 0 Å². The van der Waals surface area contributed by atoms with E-state index in [1.807, 2.05) is 30.3 Å². The normalized spacial score (nSPS) is 10.4. The van der Waals surface area contributed by atoms with Crippen molar-refractivity contribution in [1.29, 1.82) is 0 Å². The van der Waals surface area contributed by atoms with E-state index in [-0.39, 0.29) is 24.8 Å². The summed E-state index contributed by atoms with van der Waals surface area (Å²) in [6, 6.07) is 15.9. The number of fused-ring (bicyclic) bond motifs is 1. The van der Waals surface area contributed by atoms with Crippen molar-refractivity contribution in [2.45, 2.75) is 6.42 Å². The van der Waals surface area contributed by atoms with Crippen LogP contribution in [0.5, 0.6) is 0 Å². The minimum atomic E-state index is -0.237. The number of aromatic nitrogens is 1. The van der Waals surface area contributed by atoms with E-state index in [1.54, 1.807) is 30.5 Å². The minimum absolute atomic E-state index is 0.173. The van der Waals surface area contributed by atoms with Crippen LogP contribution in [0.15, 0.2) is 60.8 Å². The van der Waals surface area contributed by atoms with Crippen molar-refractivity contribution in [1.82, 2.24) is 10.3 Å². The van der Waals surface area contributed by atoms with Gasteiger partial charge in [-0.1, -0.05) is 17.7 Å². The lowest BCUT2D eigenvalue weighted by Gasteiger charge is -2.09. The highest BCUT2D eigenvalue weighted by atomic mass is 35.5. The first-order valence-corrected chi connectivity index (χ1v) is 8.18. The van der Waals surface area contributed by atoms with Gasteiger partial charge >= 0.3 is 0 Å². The van der Waals surface area contributed by atoms with E-state index < -0.39 is 0 Å². The molecule has 6 heteroatoms. The van der Waals surface area contributed by atoms with E-state index in [0.29, 0.717) is 16.3 Å². The quantitative estimate of drug-likeness (QED) is 0.735. The summed E-state index contributed by atoms with van der Waals surface area (Å²) in [6.45, 7) is 0.246. The summed E-state index contributed by atoms with van der Waals surface area (Å²) < 4.78 is 0. The standard InChI is InChI=1S/C19H16ClN3O2/c20-14-8-6-13(7-9-14)19(25)22-12-10-18(24)23-17-5-1-4-16-15(17)3-2-11-21-16/h1-9,11H,10,12H2,(H,22,25)(H,23,24). The van der Waals surface area contributed by atoms with Gasteiger partial charge < -0.3 is 10.6 Å². The third-order valence-electron chi connectivity index (χ3n) is 3.66. The molecule has 3 rings (SSSR count). The highest BCUT2D eigenvalue weighted by Crippen LogP contribution is 2.21. The Morgan fingerprint density at radius 1 is 1.00 bits per heavy atom. The summed E-state index contributed by atoms with van der Waals surface area (Å²) in [5, 5.41) is 7.02. The number of nitrogens with one attached hydrogen (secondary N) is 2. The molecule has 2 aromatic carbocycles. The molecule has 0 unspecified atom stereocenters. The van der Waals surface area contributed by atoms with Gasteiger partial charge in [-0.15, -0.1) is 0 Å². The number of hydrogen-bond acceptors (Lipinski definition) is 3. The van der Waals surface area contributed by atoms with Gasteiger partial charge in [-0.2, -0.15) is 0 Å². The van der Waals surface area contributed by atoms with Gasteiger partial charge in [0, 0.05) is 35.1 Å². The third-order valence-corrected chi connectivity index (χ3v) is 3.92. The number of pyridine rings is 1. The molecule has 3 aromatic rings. The molecule has 2 N–H and O–H groups in total. The maximum absolute atomic E-state index is 12.1. The third kappa shape index (κ3) is 4.33. The average molecular weight is 354 g/mol. The zero-order chi connectivity index (χ0) is 17.6. The molecule has 0 spiro atoms. The number of carbonyl (C=O) groups excluding carboxylic acids is 2. The lowest BCUT2D eigenvalue weighted by Crippen LogP contribution is -2.27. The summed E-state index contributed by atoms with van der Waals surface area (Å²) in [5.74, 6) is -0.411. The second-order valence-electron chi connectivity index (χ2n) is 5.44. The van der Waals surface area contributed by atoms with Crippen LogP contribution >= 0.6 is 11.6 Å². The van der Waals surface area contributed by atoms with Crippen LogP contribution in [0.4, 0.5) is 5.69 Å². The van der Waals surface area contributed by atoms with Gasteiger partial charge in [0.2, 0.25) is 5.91 Å². The smallest absolute Gasteiger partial charge is 0.251 e. The molecule has 0 saturated heterocycles. The van der Waals surface area contributed by atoms with E-state index in [0.717, 1.165) is 10.9 Å².